The second-order valence-electron chi connectivity index (χ2n) is 5.64. The van der Waals surface area contributed by atoms with Gasteiger partial charge in [-0.15, -0.1) is 13.2 Å². The number of nitrogens with one attached hydrogen (secondary N) is 1. The Morgan fingerprint density at radius 3 is 2.30 bits per heavy atom. The van der Waals surface area contributed by atoms with Crippen LogP contribution in [0, 0.1) is 10.1 Å². The molecule has 0 heterocycles. The molecule has 0 aliphatic rings. The van der Waals surface area contributed by atoms with Crippen LogP contribution in [0.25, 0.3) is 0 Å². The van der Waals surface area contributed by atoms with Gasteiger partial charge in [-0.3, -0.25) is 14.9 Å². The molecule has 162 valence electrons. The molecule has 0 aliphatic carbocycles. The Morgan fingerprint density at radius 2 is 1.77 bits per heavy atom. The molecule has 0 fully saturated rings. The summed E-state index contributed by atoms with van der Waals surface area (Å²) in [5, 5.41) is 13.8. The number of nitro benzene ring substituents is 1. The lowest BCUT2D eigenvalue weighted by Crippen LogP contribution is -2.17. The second-order valence-corrected chi connectivity index (χ2v) is 5.64. The summed E-state index contributed by atoms with van der Waals surface area (Å²) in [6, 6.07) is 6.48. The van der Waals surface area contributed by atoms with E-state index in [1.807, 2.05) is 0 Å². The zero-order valence-corrected chi connectivity index (χ0v) is 15.8. The molecule has 0 saturated heterocycles. The van der Waals surface area contributed by atoms with Crippen LogP contribution in [-0.2, 0) is 4.74 Å². The lowest BCUT2D eigenvalue weighted by molar-refractivity contribution is -0.385. The van der Waals surface area contributed by atoms with Crippen LogP contribution in [-0.4, -0.2) is 44.6 Å². The van der Waals surface area contributed by atoms with E-state index in [2.05, 4.69) is 10.1 Å². The van der Waals surface area contributed by atoms with Crippen molar-refractivity contribution in [3.8, 4) is 17.2 Å². The number of hydrogen-bond acceptors (Lipinski definition) is 7. The number of alkyl halides is 3. The molecule has 30 heavy (non-hydrogen) atoms. The maximum Gasteiger partial charge on any atom is 0.573 e. The molecule has 0 saturated carbocycles. The molecule has 0 radical (unpaired) electrons. The Hall–Kier alpha value is -3.54. The Bertz CT molecular complexity index is 902. The van der Waals surface area contributed by atoms with Gasteiger partial charge in [-0.2, -0.15) is 0 Å². The van der Waals surface area contributed by atoms with Crippen molar-refractivity contribution < 1.29 is 41.8 Å². The summed E-state index contributed by atoms with van der Waals surface area (Å²) in [6.07, 6.45) is -4.85. The fourth-order valence-corrected chi connectivity index (χ4v) is 2.33. The molecule has 2 aromatic carbocycles. The van der Waals surface area contributed by atoms with E-state index in [-0.39, 0.29) is 36.0 Å². The molecule has 2 aromatic rings. The van der Waals surface area contributed by atoms with Gasteiger partial charge in [0, 0.05) is 18.9 Å². The maximum atomic E-state index is 12.5. The minimum absolute atomic E-state index is 0.0476. The third kappa shape index (κ3) is 6.24. The van der Waals surface area contributed by atoms with E-state index in [1.54, 1.807) is 0 Å². The van der Waals surface area contributed by atoms with Crippen molar-refractivity contribution in [3.05, 3.63) is 52.1 Å². The smallest absolute Gasteiger partial charge is 0.493 e. The monoisotopic (exact) mass is 430 g/mol. The molecule has 0 aromatic heterocycles. The third-order valence-corrected chi connectivity index (χ3v) is 3.61. The number of nitro groups is 1. The summed E-state index contributed by atoms with van der Waals surface area (Å²) < 4.78 is 55.7. The van der Waals surface area contributed by atoms with Crippen LogP contribution in [0.4, 0.5) is 24.5 Å². The summed E-state index contributed by atoms with van der Waals surface area (Å²) in [5.41, 5.74) is -0.771. The van der Waals surface area contributed by atoms with E-state index in [9.17, 15) is 28.1 Å². The number of hydrogen-bond donors (Lipinski definition) is 1. The molecule has 0 bridgehead atoms. The summed E-state index contributed by atoms with van der Waals surface area (Å²) in [6.45, 7) is 0.329. The number of halogens is 3. The number of carbonyl (C=O) groups excluding carboxylic acids is 1. The number of anilines is 1. The van der Waals surface area contributed by atoms with Crippen molar-refractivity contribution in [3.63, 3.8) is 0 Å². The fraction of sp³-hybridized carbons (Fsp3) is 0.278. The number of amides is 1. The van der Waals surface area contributed by atoms with Crippen LogP contribution >= 0.6 is 0 Å². The lowest BCUT2D eigenvalue weighted by atomic mass is 10.1. The predicted octanol–water partition coefficient (Wildman–Crippen LogP) is 3.78. The zero-order chi connectivity index (χ0) is 22.3. The number of nitrogens with zero attached hydrogens (tertiary/aromatic N) is 1. The number of carbonyl (C=O) groups is 1. The van der Waals surface area contributed by atoms with Crippen molar-refractivity contribution in [2.24, 2.45) is 0 Å². The lowest BCUT2D eigenvalue weighted by Gasteiger charge is -2.13. The number of rotatable bonds is 9. The predicted molar refractivity (Wildman–Crippen MR) is 98.1 cm³/mol. The highest BCUT2D eigenvalue weighted by Crippen LogP contribution is 2.35. The summed E-state index contributed by atoms with van der Waals surface area (Å²) in [4.78, 5) is 23.2. The standard InChI is InChI=1S/C18H17F3N2O7/c1-27-7-8-29-16-10-14(23(25)26)13(9-15(16)28-2)17(24)22-11-3-5-12(6-4-11)30-18(19,20)21/h3-6,9-10H,7-8H2,1-2H3,(H,22,24). The average Bonchev–Trinajstić information content (AvgIpc) is 2.68. The molecular formula is C18H17F3N2O7. The van der Waals surface area contributed by atoms with Crippen LogP contribution in [0.2, 0.25) is 0 Å². The quantitative estimate of drug-likeness (QED) is 0.366. The largest absolute Gasteiger partial charge is 0.573 e. The van der Waals surface area contributed by atoms with Crippen molar-refractivity contribution in [2.75, 3.05) is 32.8 Å². The first-order valence-electron chi connectivity index (χ1n) is 8.30. The molecule has 1 amide bonds. The second kappa shape index (κ2) is 9.78. The molecule has 0 atom stereocenters. The Labute approximate surface area is 168 Å². The van der Waals surface area contributed by atoms with Crippen LogP contribution in [0.5, 0.6) is 17.2 Å². The van der Waals surface area contributed by atoms with E-state index in [1.165, 1.54) is 14.2 Å². The Morgan fingerprint density at radius 1 is 1.10 bits per heavy atom. The zero-order valence-electron chi connectivity index (χ0n) is 15.8. The minimum Gasteiger partial charge on any atom is -0.493 e. The summed E-state index contributed by atoms with van der Waals surface area (Å²) in [7, 11) is 2.75. The van der Waals surface area contributed by atoms with Crippen molar-refractivity contribution in [2.45, 2.75) is 6.36 Å². The normalized spacial score (nSPS) is 11.0. The highest BCUT2D eigenvalue weighted by atomic mass is 19.4. The number of methoxy groups -OCH3 is 2. The topological polar surface area (TPSA) is 109 Å². The van der Waals surface area contributed by atoms with E-state index < -0.39 is 28.6 Å². The molecule has 0 unspecified atom stereocenters. The van der Waals surface area contributed by atoms with Gasteiger partial charge in [0.05, 0.1) is 24.7 Å². The maximum absolute atomic E-state index is 12.5. The number of ether oxygens (including phenoxy) is 4. The van der Waals surface area contributed by atoms with Gasteiger partial charge in [0.2, 0.25) is 0 Å². The van der Waals surface area contributed by atoms with Crippen molar-refractivity contribution >= 4 is 17.3 Å². The van der Waals surface area contributed by atoms with E-state index >= 15 is 0 Å². The highest BCUT2D eigenvalue weighted by Gasteiger charge is 2.31. The molecule has 0 spiro atoms. The van der Waals surface area contributed by atoms with E-state index in [4.69, 9.17) is 14.2 Å². The van der Waals surface area contributed by atoms with Crippen LogP contribution < -0.4 is 19.5 Å². The van der Waals surface area contributed by atoms with E-state index in [0.29, 0.717) is 0 Å². The van der Waals surface area contributed by atoms with Crippen LogP contribution in [0.15, 0.2) is 36.4 Å². The first-order valence-corrected chi connectivity index (χ1v) is 8.30. The Kier molecular flexibility index (Phi) is 7.42. The van der Waals surface area contributed by atoms with Crippen LogP contribution in [0.1, 0.15) is 10.4 Å². The summed E-state index contributed by atoms with van der Waals surface area (Å²) in [5.74, 6) is -1.22. The first kappa shape index (κ1) is 22.7. The molecule has 12 heteroatoms. The first-order chi connectivity index (χ1) is 14.1. The van der Waals surface area contributed by atoms with Crippen molar-refractivity contribution in [1.82, 2.24) is 0 Å². The molecule has 1 N–H and O–H groups in total. The van der Waals surface area contributed by atoms with Gasteiger partial charge in [0.25, 0.3) is 11.6 Å². The highest BCUT2D eigenvalue weighted by molar-refractivity contribution is 6.07. The fourth-order valence-electron chi connectivity index (χ4n) is 2.33. The molecule has 0 aliphatic heterocycles. The SMILES string of the molecule is COCCOc1cc([N+](=O)[O-])c(C(=O)Nc2ccc(OC(F)(F)F)cc2)cc1OC. The van der Waals surface area contributed by atoms with Crippen molar-refractivity contribution in [1.29, 1.82) is 0 Å². The van der Waals surface area contributed by atoms with E-state index in [0.717, 1.165) is 36.4 Å². The van der Waals surface area contributed by atoms with Gasteiger partial charge >= 0.3 is 6.36 Å². The van der Waals surface area contributed by atoms with Crippen LogP contribution in [0.3, 0.4) is 0 Å². The number of benzene rings is 2. The van der Waals surface area contributed by atoms with Gasteiger partial charge in [-0.05, 0) is 24.3 Å². The average molecular weight is 430 g/mol. The van der Waals surface area contributed by atoms with Gasteiger partial charge in [0.1, 0.15) is 17.9 Å². The molecule has 9 nitrogen and oxygen atoms in total. The van der Waals surface area contributed by atoms with Gasteiger partial charge in [-0.1, -0.05) is 0 Å². The molecule has 2 rings (SSSR count). The molecular weight excluding hydrogens is 413 g/mol. The minimum atomic E-state index is -4.85. The van der Waals surface area contributed by atoms with Gasteiger partial charge in [0.15, 0.2) is 11.5 Å². The Balaban J connectivity index is 2.26. The van der Waals surface area contributed by atoms with Gasteiger partial charge in [-0.25, -0.2) is 0 Å². The van der Waals surface area contributed by atoms with Gasteiger partial charge < -0.3 is 24.3 Å². The third-order valence-electron chi connectivity index (χ3n) is 3.61. The summed E-state index contributed by atoms with van der Waals surface area (Å²) >= 11 is 0.